The van der Waals surface area contributed by atoms with Crippen molar-refractivity contribution < 1.29 is 0 Å². The van der Waals surface area contributed by atoms with Crippen molar-refractivity contribution in [3.05, 3.63) is 39.0 Å². The van der Waals surface area contributed by atoms with Crippen LogP contribution in [0.2, 0.25) is 0 Å². The first-order valence-electron chi connectivity index (χ1n) is 4.54. The second-order valence-electron chi connectivity index (χ2n) is 3.20. The molecule has 0 aliphatic carbocycles. The predicted octanol–water partition coefficient (Wildman–Crippen LogP) is 3.31. The average molecular weight is 294 g/mol. The van der Waals surface area contributed by atoms with Crippen molar-refractivity contribution in [3.63, 3.8) is 0 Å². The summed E-state index contributed by atoms with van der Waals surface area (Å²) in [6, 6.07) is 4.15. The lowest BCUT2D eigenvalue weighted by molar-refractivity contribution is 0.893. The van der Waals surface area contributed by atoms with E-state index in [1.165, 1.54) is 0 Å². The number of hydrogen-bond donors (Lipinski definition) is 0. The Morgan fingerprint density at radius 1 is 1.69 bits per heavy atom. The highest BCUT2D eigenvalue weighted by Crippen LogP contribution is 2.24. The van der Waals surface area contributed by atoms with Crippen LogP contribution in [0.25, 0.3) is 11.6 Å². The molecule has 2 aromatic rings. The molecule has 16 heavy (non-hydrogen) atoms. The zero-order valence-electron chi connectivity index (χ0n) is 8.51. The molecule has 2 heterocycles. The van der Waals surface area contributed by atoms with Crippen molar-refractivity contribution in [2.75, 3.05) is 0 Å². The summed E-state index contributed by atoms with van der Waals surface area (Å²) in [6.07, 6.45) is 5.35. The molecule has 0 atom stereocenters. The quantitative estimate of drug-likeness (QED) is 0.797. The average Bonchev–Trinajstić information content (AvgIpc) is 2.84. The Bertz CT molecular complexity index is 574. The summed E-state index contributed by atoms with van der Waals surface area (Å²) >= 11 is 4.97. The molecule has 0 saturated carbocycles. The van der Waals surface area contributed by atoms with Gasteiger partial charge < -0.3 is 4.57 Å². The number of allylic oxidation sites excluding steroid dienone is 1. The fourth-order valence-corrected chi connectivity index (χ4v) is 2.69. The van der Waals surface area contributed by atoms with Gasteiger partial charge in [-0.2, -0.15) is 5.26 Å². The molecule has 0 fully saturated rings. The molecule has 0 radical (unpaired) electrons. The smallest absolute Gasteiger partial charge is 0.150 e. The number of halogens is 1. The summed E-state index contributed by atoms with van der Waals surface area (Å²) in [6.45, 7) is 0. The summed E-state index contributed by atoms with van der Waals surface area (Å²) in [4.78, 5) is 5.19. The van der Waals surface area contributed by atoms with Crippen LogP contribution in [0.1, 0.15) is 10.7 Å². The van der Waals surface area contributed by atoms with Gasteiger partial charge in [-0.1, -0.05) is 0 Å². The minimum Gasteiger partial charge on any atom is -0.333 e. The number of imidazole rings is 1. The van der Waals surface area contributed by atoms with Gasteiger partial charge >= 0.3 is 0 Å². The molecular weight excluding hydrogens is 286 g/mol. The second-order valence-corrected chi connectivity index (χ2v) is 5.06. The van der Waals surface area contributed by atoms with Crippen molar-refractivity contribution >= 4 is 38.9 Å². The van der Waals surface area contributed by atoms with Gasteiger partial charge in [0.05, 0.1) is 5.57 Å². The standard InChI is InChI=1S/C11H8BrN3S/c1-15-3-2-14-11(15)8(6-13)4-10-5-9(12)7-16-10/h2-5,7H,1H3. The van der Waals surface area contributed by atoms with Gasteiger partial charge in [0, 0.05) is 34.2 Å². The van der Waals surface area contributed by atoms with Crippen molar-refractivity contribution in [2.24, 2.45) is 7.05 Å². The number of nitrogens with zero attached hydrogens (tertiary/aromatic N) is 3. The molecule has 0 N–H and O–H groups in total. The monoisotopic (exact) mass is 293 g/mol. The Kier molecular flexibility index (Phi) is 3.22. The van der Waals surface area contributed by atoms with Crippen LogP contribution < -0.4 is 0 Å². The van der Waals surface area contributed by atoms with E-state index < -0.39 is 0 Å². The van der Waals surface area contributed by atoms with Gasteiger partial charge in [-0.15, -0.1) is 11.3 Å². The minimum atomic E-state index is 0.571. The fraction of sp³-hybridized carbons (Fsp3) is 0.0909. The van der Waals surface area contributed by atoms with Crippen LogP contribution in [0.3, 0.4) is 0 Å². The number of hydrogen-bond acceptors (Lipinski definition) is 3. The van der Waals surface area contributed by atoms with E-state index in [1.54, 1.807) is 17.5 Å². The largest absolute Gasteiger partial charge is 0.333 e. The van der Waals surface area contributed by atoms with Crippen molar-refractivity contribution in [2.45, 2.75) is 0 Å². The van der Waals surface area contributed by atoms with Crippen LogP contribution in [0.5, 0.6) is 0 Å². The maximum Gasteiger partial charge on any atom is 0.150 e. The number of nitriles is 1. The van der Waals surface area contributed by atoms with Crippen molar-refractivity contribution in [1.29, 1.82) is 5.26 Å². The van der Waals surface area contributed by atoms with Crippen LogP contribution >= 0.6 is 27.3 Å². The summed E-state index contributed by atoms with van der Waals surface area (Å²) in [7, 11) is 1.87. The van der Waals surface area contributed by atoms with Crippen LogP contribution in [-0.4, -0.2) is 9.55 Å². The molecule has 3 nitrogen and oxygen atoms in total. The van der Waals surface area contributed by atoms with Gasteiger partial charge in [0.1, 0.15) is 11.9 Å². The highest BCUT2D eigenvalue weighted by molar-refractivity contribution is 9.10. The molecule has 2 aromatic heterocycles. The van der Waals surface area contributed by atoms with Crippen LogP contribution in [-0.2, 0) is 7.05 Å². The SMILES string of the molecule is Cn1ccnc1C(C#N)=Cc1cc(Br)cs1. The zero-order valence-corrected chi connectivity index (χ0v) is 10.9. The third-order valence-electron chi connectivity index (χ3n) is 2.06. The highest BCUT2D eigenvalue weighted by Gasteiger charge is 2.06. The van der Waals surface area contributed by atoms with Crippen molar-refractivity contribution in [3.8, 4) is 6.07 Å². The molecule has 0 aromatic carbocycles. The molecule has 0 amide bonds. The van der Waals surface area contributed by atoms with Gasteiger partial charge in [0.2, 0.25) is 0 Å². The number of aromatic nitrogens is 2. The Morgan fingerprint density at radius 2 is 2.50 bits per heavy atom. The normalized spacial score (nSPS) is 11.4. The molecule has 0 aliphatic rings. The van der Waals surface area contributed by atoms with Gasteiger partial charge in [-0.25, -0.2) is 4.98 Å². The second kappa shape index (κ2) is 4.64. The summed E-state index contributed by atoms with van der Waals surface area (Å²) in [5.74, 6) is 0.687. The summed E-state index contributed by atoms with van der Waals surface area (Å²) in [5.41, 5.74) is 0.571. The van der Waals surface area contributed by atoms with E-state index in [1.807, 2.05) is 35.3 Å². The molecule has 0 bridgehead atoms. The molecule has 5 heteroatoms. The maximum atomic E-state index is 9.11. The Morgan fingerprint density at radius 3 is 3.00 bits per heavy atom. The Labute approximate surface area is 106 Å². The predicted molar refractivity (Wildman–Crippen MR) is 68.7 cm³/mol. The van der Waals surface area contributed by atoms with E-state index in [0.29, 0.717) is 11.4 Å². The summed E-state index contributed by atoms with van der Waals surface area (Å²) < 4.78 is 2.86. The highest BCUT2D eigenvalue weighted by atomic mass is 79.9. The molecule has 2 rings (SSSR count). The van der Waals surface area contributed by atoms with Gasteiger partial charge in [-0.05, 0) is 28.1 Å². The lowest BCUT2D eigenvalue weighted by Crippen LogP contribution is -1.94. The first kappa shape index (κ1) is 11.1. The molecule has 0 spiro atoms. The zero-order chi connectivity index (χ0) is 11.5. The van der Waals surface area contributed by atoms with Gasteiger partial charge in [-0.3, -0.25) is 0 Å². The number of rotatable bonds is 2. The third-order valence-corrected chi connectivity index (χ3v) is 3.70. The van der Waals surface area contributed by atoms with E-state index >= 15 is 0 Å². The number of thiophene rings is 1. The Balaban J connectivity index is 2.42. The lowest BCUT2D eigenvalue weighted by Gasteiger charge is -1.98. The third kappa shape index (κ3) is 2.23. The first-order chi connectivity index (χ1) is 7.70. The molecular formula is C11H8BrN3S. The summed E-state index contributed by atoms with van der Waals surface area (Å²) in [5, 5.41) is 11.1. The van der Waals surface area contributed by atoms with Crippen LogP contribution in [0.4, 0.5) is 0 Å². The Hall–Kier alpha value is -1.38. The lowest BCUT2D eigenvalue weighted by atomic mass is 10.2. The van der Waals surface area contributed by atoms with E-state index in [-0.39, 0.29) is 0 Å². The van der Waals surface area contributed by atoms with Crippen molar-refractivity contribution in [1.82, 2.24) is 9.55 Å². The maximum absolute atomic E-state index is 9.11. The molecule has 80 valence electrons. The number of aryl methyl sites for hydroxylation is 1. The van der Waals surface area contributed by atoms with E-state index in [0.717, 1.165) is 9.35 Å². The van der Waals surface area contributed by atoms with Crippen LogP contribution in [0, 0.1) is 11.3 Å². The topological polar surface area (TPSA) is 41.6 Å². The molecule has 0 unspecified atom stereocenters. The van der Waals surface area contributed by atoms with E-state index in [9.17, 15) is 0 Å². The minimum absolute atomic E-state index is 0.571. The first-order valence-corrected chi connectivity index (χ1v) is 6.21. The van der Waals surface area contributed by atoms with Gasteiger partial charge in [0.15, 0.2) is 0 Å². The molecule has 0 saturated heterocycles. The van der Waals surface area contributed by atoms with E-state index in [4.69, 9.17) is 5.26 Å². The molecule has 0 aliphatic heterocycles. The van der Waals surface area contributed by atoms with E-state index in [2.05, 4.69) is 27.0 Å². The van der Waals surface area contributed by atoms with Gasteiger partial charge in [0.25, 0.3) is 0 Å². The fourth-order valence-electron chi connectivity index (χ4n) is 1.32. The van der Waals surface area contributed by atoms with Crippen LogP contribution in [0.15, 0.2) is 28.3 Å².